The molecular formula is C7H8N2O6S. The lowest BCUT2D eigenvalue weighted by Crippen LogP contribution is -2.32. The van der Waals surface area contributed by atoms with Gasteiger partial charge >= 0.3 is 11.7 Å². The molecule has 1 rings (SSSR count). The fraction of sp³-hybridized carbons (Fsp3) is 0.286. The van der Waals surface area contributed by atoms with Gasteiger partial charge in [0.25, 0.3) is 5.56 Å². The van der Waals surface area contributed by atoms with Crippen LogP contribution in [0.5, 0.6) is 0 Å². The smallest absolute Gasteiger partial charge is 0.346 e. The van der Waals surface area contributed by atoms with Crippen molar-refractivity contribution in [2.24, 2.45) is 0 Å². The molecule has 2 N–H and O–H groups in total. The lowest BCUT2D eigenvalue weighted by molar-refractivity contribution is 0.0593. The first kappa shape index (κ1) is 12.2. The van der Waals surface area contributed by atoms with Crippen molar-refractivity contribution >= 4 is 15.8 Å². The highest BCUT2D eigenvalue weighted by Crippen LogP contribution is 2.07. The van der Waals surface area contributed by atoms with Gasteiger partial charge in [0.1, 0.15) is 0 Å². The van der Waals surface area contributed by atoms with Crippen molar-refractivity contribution in [2.45, 2.75) is 5.03 Å². The Labute approximate surface area is 89.2 Å². The first-order valence-electron chi connectivity index (χ1n) is 3.92. The van der Waals surface area contributed by atoms with Crippen LogP contribution in [0.2, 0.25) is 0 Å². The zero-order valence-corrected chi connectivity index (χ0v) is 9.17. The van der Waals surface area contributed by atoms with Crippen molar-refractivity contribution in [1.82, 2.24) is 9.97 Å². The standard InChI is InChI=1S/C7H8N2O6S/c1-15-6(11)3-4(10)8-7(12)9-5(3)16(2,13)14/h1-2H3,(H2,8,9,10,12). The molecule has 0 amide bonds. The molecule has 9 heteroatoms. The number of methoxy groups -OCH3 is 1. The van der Waals surface area contributed by atoms with E-state index in [0.29, 0.717) is 0 Å². The third-order valence-corrected chi connectivity index (χ3v) is 2.72. The predicted molar refractivity (Wildman–Crippen MR) is 52.1 cm³/mol. The van der Waals surface area contributed by atoms with Crippen molar-refractivity contribution in [3.8, 4) is 0 Å². The largest absolute Gasteiger partial charge is 0.465 e. The van der Waals surface area contributed by atoms with E-state index in [1.54, 1.807) is 4.98 Å². The van der Waals surface area contributed by atoms with Crippen LogP contribution in [0.15, 0.2) is 14.6 Å². The number of carbonyl (C=O) groups excluding carboxylic acids is 1. The van der Waals surface area contributed by atoms with E-state index in [-0.39, 0.29) is 0 Å². The second-order valence-electron chi connectivity index (χ2n) is 2.88. The molecular weight excluding hydrogens is 240 g/mol. The Morgan fingerprint density at radius 1 is 1.25 bits per heavy atom. The number of nitrogens with one attached hydrogen (secondary N) is 2. The number of hydrogen-bond donors (Lipinski definition) is 2. The van der Waals surface area contributed by atoms with E-state index in [1.807, 2.05) is 4.98 Å². The first-order chi connectivity index (χ1) is 7.27. The molecule has 0 saturated carbocycles. The van der Waals surface area contributed by atoms with Crippen molar-refractivity contribution in [3.63, 3.8) is 0 Å². The minimum atomic E-state index is -3.91. The number of aromatic nitrogens is 2. The van der Waals surface area contributed by atoms with E-state index >= 15 is 0 Å². The predicted octanol–water partition coefficient (Wildman–Crippen LogP) is -1.75. The fourth-order valence-corrected chi connectivity index (χ4v) is 1.86. The number of rotatable bonds is 2. The average Bonchev–Trinajstić information content (AvgIpc) is 2.14. The molecule has 16 heavy (non-hydrogen) atoms. The highest BCUT2D eigenvalue weighted by atomic mass is 32.2. The Morgan fingerprint density at radius 2 is 1.81 bits per heavy atom. The molecule has 0 unspecified atom stereocenters. The minimum absolute atomic E-state index is 0.746. The first-order valence-corrected chi connectivity index (χ1v) is 5.81. The Balaban J connectivity index is 3.79. The molecule has 1 heterocycles. The number of esters is 1. The van der Waals surface area contributed by atoms with Gasteiger partial charge in [-0.1, -0.05) is 0 Å². The van der Waals surface area contributed by atoms with Crippen LogP contribution < -0.4 is 11.2 Å². The summed E-state index contributed by atoms with van der Waals surface area (Å²) in [7, 11) is -2.92. The summed E-state index contributed by atoms with van der Waals surface area (Å²) in [6, 6.07) is 0. The Bertz CT molecular complexity index is 638. The molecule has 0 atom stereocenters. The quantitative estimate of drug-likeness (QED) is 0.472. The molecule has 0 aromatic carbocycles. The summed E-state index contributed by atoms with van der Waals surface area (Å²) in [5, 5.41) is -0.756. The number of sulfone groups is 1. The van der Waals surface area contributed by atoms with Crippen molar-refractivity contribution in [3.05, 3.63) is 26.4 Å². The summed E-state index contributed by atoms with van der Waals surface area (Å²) in [6.07, 6.45) is 0.754. The molecule has 8 nitrogen and oxygen atoms in total. The maximum Gasteiger partial charge on any atom is 0.346 e. The van der Waals surface area contributed by atoms with Crippen molar-refractivity contribution in [1.29, 1.82) is 0 Å². The van der Waals surface area contributed by atoms with Gasteiger partial charge in [0.05, 0.1) is 7.11 Å². The molecule has 0 fully saturated rings. The molecule has 88 valence electrons. The van der Waals surface area contributed by atoms with E-state index in [9.17, 15) is 22.8 Å². The van der Waals surface area contributed by atoms with Crippen LogP contribution in [-0.4, -0.2) is 37.7 Å². The lowest BCUT2D eigenvalue weighted by Gasteiger charge is -2.03. The molecule has 1 aromatic heterocycles. The number of hydrogen-bond acceptors (Lipinski definition) is 6. The topological polar surface area (TPSA) is 126 Å². The van der Waals surface area contributed by atoms with Gasteiger partial charge in [-0.25, -0.2) is 18.0 Å². The molecule has 1 aromatic rings. The van der Waals surface area contributed by atoms with Gasteiger partial charge in [0, 0.05) is 6.26 Å². The van der Waals surface area contributed by atoms with Gasteiger partial charge in [0.2, 0.25) is 0 Å². The summed E-state index contributed by atoms with van der Waals surface area (Å²) in [4.78, 5) is 37.0. The monoisotopic (exact) mass is 248 g/mol. The Kier molecular flexibility index (Phi) is 2.99. The van der Waals surface area contributed by atoms with E-state index in [0.717, 1.165) is 13.4 Å². The molecule has 0 spiro atoms. The Morgan fingerprint density at radius 3 is 2.25 bits per heavy atom. The summed E-state index contributed by atoms with van der Waals surface area (Å²) >= 11 is 0. The van der Waals surface area contributed by atoms with Crippen LogP contribution in [0.3, 0.4) is 0 Å². The molecule has 0 radical (unpaired) electrons. The van der Waals surface area contributed by atoms with E-state index in [1.165, 1.54) is 0 Å². The van der Waals surface area contributed by atoms with Crippen LogP contribution >= 0.6 is 0 Å². The number of aromatic amines is 2. The summed E-state index contributed by atoms with van der Waals surface area (Å²) in [5.41, 5.74) is -2.88. The molecule has 0 bridgehead atoms. The lowest BCUT2D eigenvalue weighted by atomic mass is 10.3. The normalized spacial score (nSPS) is 11.1. The summed E-state index contributed by atoms with van der Waals surface area (Å²) in [5.74, 6) is -1.14. The van der Waals surface area contributed by atoms with Gasteiger partial charge in [-0.05, 0) is 0 Å². The molecule has 0 saturated heterocycles. The SMILES string of the molecule is COC(=O)c1c(S(C)(=O)=O)[nH]c(=O)[nH]c1=O. The Hall–Kier alpha value is -1.90. The van der Waals surface area contributed by atoms with Gasteiger partial charge in [-0.3, -0.25) is 14.8 Å². The second kappa shape index (κ2) is 3.93. The maximum absolute atomic E-state index is 11.3. The van der Waals surface area contributed by atoms with Crippen LogP contribution in [0.1, 0.15) is 10.4 Å². The summed E-state index contributed by atoms with van der Waals surface area (Å²) < 4.78 is 26.7. The van der Waals surface area contributed by atoms with E-state index < -0.39 is 37.6 Å². The van der Waals surface area contributed by atoms with Gasteiger partial charge < -0.3 is 4.74 Å². The minimum Gasteiger partial charge on any atom is -0.465 e. The number of ether oxygens (including phenoxy) is 1. The average molecular weight is 248 g/mol. The molecule has 0 aliphatic rings. The number of carbonyl (C=O) groups is 1. The van der Waals surface area contributed by atoms with Crippen LogP contribution in [0, 0.1) is 0 Å². The van der Waals surface area contributed by atoms with E-state index in [2.05, 4.69) is 4.74 Å². The van der Waals surface area contributed by atoms with Crippen LogP contribution in [-0.2, 0) is 14.6 Å². The number of H-pyrrole nitrogens is 2. The van der Waals surface area contributed by atoms with Gasteiger partial charge in [0.15, 0.2) is 20.4 Å². The van der Waals surface area contributed by atoms with Crippen molar-refractivity contribution in [2.75, 3.05) is 13.4 Å². The van der Waals surface area contributed by atoms with Crippen molar-refractivity contribution < 1.29 is 17.9 Å². The molecule has 0 aliphatic heterocycles. The highest BCUT2D eigenvalue weighted by molar-refractivity contribution is 7.90. The zero-order chi connectivity index (χ0) is 12.5. The van der Waals surface area contributed by atoms with Crippen LogP contribution in [0.4, 0.5) is 0 Å². The van der Waals surface area contributed by atoms with Crippen LogP contribution in [0.25, 0.3) is 0 Å². The van der Waals surface area contributed by atoms with Gasteiger partial charge in [-0.2, -0.15) is 0 Å². The zero-order valence-electron chi connectivity index (χ0n) is 8.36. The summed E-state index contributed by atoms with van der Waals surface area (Å²) in [6.45, 7) is 0. The third-order valence-electron chi connectivity index (χ3n) is 1.67. The molecule has 0 aliphatic carbocycles. The third kappa shape index (κ3) is 2.19. The fourth-order valence-electron chi connectivity index (χ4n) is 1.03. The second-order valence-corrected chi connectivity index (χ2v) is 4.83. The highest BCUT2D eigenvalue weighted by Gasteiger charge is 2.24. The van der Waals surface area contributed by atoms with Gasteiger partial charge in [-0.15, -0.1) is 0 Å². The van der Waals surface area contributed by atoms with E-state index in [4.69, 9.17) is 0 Å². The maximum atomic E-state index is 11.3.